The minimum atomic E-state index is -7.01. The molecule has 1 aromatic rings. The normalized spacial score (nSPS) is 20.4. The van der Waals surface area contributed by atoms with Gasteiger partial charge in [0.2, 0.25) is 5.91 Å². The van der Waals surface area contributed by atoms with Gasteiger partial charge in [0.15, 0.2) is 0 Å². The first kappa shape index (κ1) is 30.5. The Hall–Kier alpha value is -2.73. The van der Waals surface area contributed by atoms with Crippen molar-refractivity contribution in [2.45, 2.75) is 75.1 Å². The smallest absolute Gasteiger partial charge is 0.322 e. The van der Waals surface area contributed by atoms with E-state index in [-0.39, 0.29) is 19.3 Å². The maximum Gasteiger partial charge on any atom is 0.460 e. The number of carbonyl (C=O) groups is 2. The van der Waals surface area contributed by atoms with Gasteiger partial charge in [0.05, 0.1) is 12.1 Å². The van der Waals surface area contributed by atoms with E-state index in [1.54, 1.807) is 37.3 Å². The van der Waals surface area contributed by atoms with Crippen molar-refractivity contribution < 1.29 is 49.1 Å². The fourth-order valence-corrected chi connectivity index (χ4v) is 4.22. The molecule has 1 heterocycles. The van der Waals surface area contributed by atoms with Gasteiger partial charge in [-0.2, -0.15) is 39.5 Å². The minimum absolute atomic E-state index is 0.143. The van der Waals surface area contributed by atoms with Gasteiger partial charge in [0.1, 0.15) is 0 Å². The van der Waals surface area contributed by atoms with E-state index in [1.807, 2.05) is 0 Å². The van der Waals surface area contributed by atoms with E-state index < -0.39 is 66.7 Å². The molecule has 1 aliphatic heterocycles. The molecule has 37 heavy (non-hydrogen) atoms. The first-order valence-corrected chi connectivity index (χ1v) is 11.4. The number of imide groups is 1. The van der Waals surface area contributed by atoms with Gasteiger partial charge in [-0.1, -0.05) is 36.4 Å². The number of benzene rings is 1. The lowest BCUT2D eigenvalue weighted by Gasteiger charge is -2.34. The Kier molecular flexibility index (Phi) is 9.02. The lowest BCUT2D eigenvalue weighted by molar-refractivity contribution is -0.396. The molecule has 0 N–H and O–H groups in total. The first-order valence-electron chi connectivity index (χ1n) is 11.4. The number of unbranched alkanes of at least 4 members (excludes halogenated alkanes) is 1. The number of alkyl halides is 9. The number of urea groups is 1. The second kappa shape index (κ2) is 10.9. The van der Waals surface area contributed by atoms with Crippen LogP contribution in [-0.4, -0.2) is 58.8 Å². The topological polar surface area (TPSA) is 40.6 Å². The lowest BCUT2D eigenvalue weighted by Crippen LogP contribution is -2.60. The van der Waals surface area contributed by atoms with Gasteiger partial charge >= 0.3 is 30.0 Å². The van der Waals surface area contributed by atoms with Crippen molar-refractivity contribution in [2.24, 2.45) is 5.92 Å². The molecule has 3 atom stereocenters. The quantitative estimate of drug-likeness (QED) is 0.167. The van der Waals surface area contributed by atoms with Crippen molar-refractivity contribution in [3.8, 4) is 0 Å². The highest BCUT2D eigenvalue weighted by atomic mass is 19.4. The summed E-state index contributed by atoms with van der Waals surface area (Å²) in [6.07, 6.45) is -8.59. The van der Waals surface area contributed by atoms with Crippen LogP contribution in [0.15, 0.2) is 43.0 Å². The summed E-state index contributed by atoms with van der Waals surface area (Å²) < 4.78 is 120. The maximum absolute atomic E-state index is 14.2. The zero-order valence-corrected chi connectivity index (χ0v) is 20.1. The Morgan fingerprint density at radius 3 is 2.08 bits per heavy atom. The Morgan fingerprint density at radius 1 is 1.00 bits per heavy atom. The highest BCUT2D eigenvalue weighted by molar-refractivity contribution is 5.98. The van der Waals surface area contributed by atoms with Gasteiger partial charge in [-0.25, -0.2) is 4.79 Å². The average molecular weight is 546 g/mol. The third-order valence-corrected chi connectivity index (χ3v) is 6.56. The fraction of sp³-hybridized carbons (Fsp3) is 0.583. The van der Waals surface area contributed by atoms with E-state index in [4.69, 9.17) is 0 Å². The summed E-state index contributed by atoms with van der Waals surface area (Å²) in [6, 6.07) is 5.96. The molecule has 4 nitrogen and oxygen atoms in total. The van der Waals surface area contributed by atoms with Gasteiger partial charge in [0.25, 0.3) is 0 Å². The summed E-state index contributed by atoms with van der Waals surface area (Å²) >= 11 is 0. The molecule has 1 fully saturated rings. The first-order chi connectivity index (χ1) is 16.9. The zero-order valence-electron chi connectivity index (χ0n) is 20.1. The van der Waals surface area contributed by atoms with Crippen molar-refractivity contribution in [2.75, 3.05) is 7.05 Å². The molecule has 0 radical (unpaired) electrons. The van der Waals surface area contributed by atoms with Crippen molar-refractivity contribution in [1.29, 1.82) is 0 Å². The molecule has 0 aromatic heterocycles. The molecule has 1 saturated heterocycles. The van der Waals surface area contributed by atoms with E-state index >= 15 is 0 Å². The van der Waals surface area contributed by atoms with Gasteiger partial charge in [0, 0.05) is 19.4 Å². The van der Waals surface area contributed by atoms with Crippen LogP contribution < -0.4 is 0 Å². The van der Waals surface area contributed by atoms with E-state index in [0.717, 1.165) is 4.90 Å². The van der Waals surface area contributed by atoms with Crippen LogP contribution in [0, 0.1) is 5.92 Å². The Labute approximate surface area is 208 Å². The molecule has 2 rings (SSSR count). The number of carbonyl (C=O) groups excluding carboxylic acids is 2. The fourth-order valence-electron chi connectivity index (χ4n) is 4.22. The third-order valence-electron chi connectivity index (χ3n) is 6.56. The molecule has 1 aliphatic rings. The van der Waals surface area contributed by atoms with Crippen molar-refractivity contribution in [3.05, 3.63) is 48.6 Å². The van der Waals surface area contributed by atoms with Gasteiger partial charge < -0.3 is 4.90 Å². The van der Waals surface area contributed by atoms with Crippen molar-refractivity contribution >= 4 is 11.9 Å². The third kappa shape index (κ3) is 5.74. The number of rotatable bonds is 11. The molecule has 0 bridgehead atoms. The molecular formula is C24H27F9N2O2. The van der Waals surface area contributed by atoms with E-state index in [1.165, 1.54) is 18.0 Å². The molecule has 0 saturated carbocycles. The SMILES string of the molecule is C=CCCC[C@H](CCC(F)(F)C(F)(F)C(F)(F)C(F)(F)F)C(=O)N1C(=O)N(C)[C@@H](C)[C@H]1c1ccccc1. The van der Waals surface area contributed by atoms with Crippen LogP contribution in [0.1, 0.15) is 50.6 Å². The monoisotopic (exact) mass is 546 g/mol. The summed E-state index contributed by atoms with van der Waals surface area (Å²) in [4.78, 5) is 28.4. The number of hydrogen-bond donors (Lipinski definition) is 0. The number of amides is 3. The number of halogens is 9. The van der Waals surface area contributed by atoms with E-state index in [0.29, 0.717) is 5.56 Å². The van der Waals surface area contributed by atoms with Crippen LogP contribution in [-0.2, 0) is 4.79 Å². The lowest BCUT2D eigenvalue weighted by atomic mass is 9.89. The number of hydrogen-bond acceptors (Lipinski definition) is 2. The maximum atomic E-state index is 14.2. The number of likely N-dealkylation sites (N-methyl/N-ethyl adjacent to an activating group) is 1. The zero-order chi connectivity index (χ0) is 28.4. The van der Waals surface area contributed by atoms with Gasteiger partial charge in [-0.3, -0.25) is 9.69 Å². The number of nitrogens with zero attached hydrogens (tertiary/aromatic N) is 2. The molecular weight excluding hydrogens is 519 g/mol. The molecule has 208 valence electrons. The summed E-state index contributed by atoms with van der Waals surface area (Å²) in [5.74, 6) is -22.1. The highest BCUT2D eigenvalue weighted by Crippen LogP contribution is 2.54. The summed E-state index contributed by atoms with van der Waals surface area (Å²) in [6.45, 7) is 5.09. The minimum Gasteiger partial charge on any atom is -0.322 e. The molecule has 0 aliphatic carbocycles. The van der Waals surface area contributed by atoms with Gasteiger partial charge in [-0.15, -0.1) is 6.58 Å². The van der Waals surface area contributed by atoms with E-state index in [2.05, 4.69) is 6.58 Å². The van der Waals surface area contributed by atoms with Crippen molar-refractivity contribution in [3.63, 3.8) is 0 Å². The standard InChI is InChI=1S/C24H27F9N2O2/c1-4-5-7-12-17(13-14-21(25,26)22(27,28)23(29,30)24(31,32)33)19(36)35-18(15(2)34(3)20(35)37)16-10-8-6-9-11-16/h4,6,8-11,15,17-18H,1,5,7,12-14H2,2-3H3/t15-,17+,18-/m0/s1. The van der Waals surface area contributed by atoms with Crippen LogP contribution in [0.5, 0.6) is 0 Å². The van der Waals surface area contributed by atoms with Crippen LogP contribution in [0.25, 0.3) is 0 Å². The Balaban J connectivity index is 2.38. The predicted molar refractivity (Wildman–Crippen MR) is 116 cm³/mol. The predicted octanol–water partition coefficient (Wildman–Crippen LogP) is 7.23. The summed E-state index contributed by atoms with van der Waals surface area (Å²) in [7, 11) is 1.40. The highest BCUT2D eigenvalue weighted by Gasteiger charge is 2.81. The van der Waals surface area contributed by atoms with Crippen LogP contribution in [0.4, 0.5) is 44.3 Å². The van der Waals surface area contributed by atoms with Crippen LogP contribution in [0.3, 0.4) is 0 Å². The van der Waals surface area contributed by atoms with Gasteiger partial charge in [-0.05, 0) is 38.2 Å². The molecule has 0 spiro atoms. The second-order valence-corrected chi connectivity index (χ2v) is 9.00. The largest absolute Gasteiger partial charge is 0.460 e. The average Bonchev–Trinajstić information content (AvgIpc) is 3.04. The Morgan fingerprint density at radius 2 is 1.57 bits per heavy atom. The summed E-state index contributed by atoms with van der Waals surface area (Å²) in [5, 5.41) is 0. The van der Waals surface area contributed by atoms with Crippen LogP contribution >= 0.6 is 0 Å². The summed E-state index contributed by atoms with van der Waals surface area (Å²) in [5.41, 5.74) is 0.521. The van der Waals surface area contributed by atoms with Crippen LogP contribution in [0.2, 0.25) is 0 Å². The van der Waals surface area contributed by atoms with E-state index in [9.17, 15) is 49.1 Å². The Bertz CT molecular complexity index is 967. The molecule has 1 aromatic carbocycles. The second-order valence-electron chi connectivity index (χ2n) is 9.00. The molecule has 0 unspecified atom stereocenters. The number of allylic oxidation sites excluding steroid dienone is 1. The van der Waals surface area contributed by atoms with Crippen molar-refractivity contribution in [1.82, 2.24) is 9.80 Å². The molecule has 3 amide bonds. The molecule has 13 heteroatoms.